The number of halogens is 2. The van der Waals surface area contributed by atoms with Crippen LogP contribution in [0.4, 0.5) is 4.39 Å². The maximum Gasteiger partial charge on any atom is 0.146 e. The van der Waals surface area contributed by atoms with E-state index in [1.165, 1.54) is 6.07 Å². The number of hydrogen-bond donors (Lipinski definition) is 1. The van der Waals surface area contributed by atoms with Crippen molar-refractivity contribution < 1.29 is 4.39 Å². The summed E-state index contributed by atoms with van der Waals surface area (Å²) < 4.78 is 15.7. The van der Waals surface area contributed by atoms with Crippen molar-refractivity contribution in [2.45, 2.75) is 26.6 Å². The average Bonchev–Trinajstić information content (AvgIpc) is 2.81. The average molecular weight is 313 g/mol. The molecule has 1 heterocycles. The molecule has 0 saturated heterocycles. The third kappa shape index (κ3) is 3.14. The fraction of sp³-hybridized carbons (Fsp3) is 0.333. The topological polar surface area (TPSA) is 42.7 Å². The molecule has 0 bridgehead atoms. The summed E-state index contributed by atoms with van der Waals surface area (Å²) in [5.41, 5.74) is 0.901. The monoisotopic (exact) mass is 312 g/mol. The van der Waals surface area contributed by atoms with E-state index in [0.717, 1.165) is 17.9 Å². The van der Waals surface area contributed by atoms with Crippen molar-refractivity contribution in [2.24, 2.45) is 0 Å². The van der Waals surface area contributed by atoms with Gasteiger partial charge in [-0.05, 0) is 40.5 Å². The number of nitrogens with one attached hydrogen (secondary N) is 1. The van der Waals surface area contributed by atoms with Crippen LogP contribution in [0.15, 0.2) is 29.0 Å². The zero-order valence-electron chi connectivity index (χ0n) is 10.0. The minimum Gasteiger partial charge on any atom is -0.317 e. The van der Waals surface area contributed by atoms with Gasteiger partial charge in [-0.3, -0.25) is 0 Å². The minimum atomic E-state index is -0.244. The number of hydrogen-bond acceptors (Lipinski definition) is 3. The number of aromatic nitrogens is 3. The molecule has 0 spiro atoms. The lowest BCUT2D eigenvalue weighted by molar-refractivity contribution is 0.599. The maximum absolute atomic E-state index is 13.3. The first kappa shape index (κ1) is 13.2. The van der Waals surface area contributed by atoms with Crippen LogP contribution in [-0.4, -0.2) is 14.8 Å². The van der Waals surface area contributed by atoms with Gasteiger partial charge in [-0.25, -0.2) is 4.39 Å². The zero-order valence-corrected chi connectivity index (χ0v) is 11.6. The molecule has 1 N–H and O–H groups in total. The molecule has 0 unspecified atom stereocenters. The first-order valence-electron chi connectivity index (χ1n) is 5.72. The second-order valence-corrected chi connectivity index (χ2v) is 4.74. The summed E-state index contributed by atoms with van der Waals surface area (Å²) in [7, 11) is 0. The van der Waals surface area contributed by atoms with Gasteiger partial charge in [0, 0.05) is 13.1 Å². The fourth-order valence-electron chi connectivity index (χ4n) is 1.65. The normalized spacial score (nSPS) is 10.8. The van der Waals surface area contributed by atoms with Crippen LogP contribution in [-0.2, 0) is 19.6 Å². The van der Waals surface area contributed by atoms with Gasteiger partial charge in [-0.2, -0.15) is 0 Å². The summed E-state index contributed by atoms with van der Waals surface area (Å²) in [6.45, 7) is 4.10. The van der Waals surface area contributed by atoms with Crippen molar-refractivity contribution in [2.75, 3.05) is 0 Å². The largest absolute Gasteiger partial charge is 0.317 e. The quantitative estimate of drug-likeness (QED) is 0.922. The highest BCUT2D eigenvalue weighted by molar-refractivity contribution is 9.10. The summed E-state index contributed by atoms with van der Waals surface area (Å²) in [5.74, 6) is 0.640. The molecule has 0 radical (unpaired) electrons. The second kappa shape index (κ2) is 6.06. The van der Waals surface area contributed by atoms with E-state index in [9.17, 15) is 4.39 Å². The highest BCUT2D eigenvalue weighted by atomic mass is 79.9. The molecule has 0 atom stereocenters. The Morgan fingerprint density at radius 1 is 1.39 bits per heavy atom. The van der Waals surface area contributed by atoms with Crippen molar-refractivity contribution in [1.29, 1.82) is 0 Å². The van der Waals surface area contributed by atoms with Gasteiger partial charge < -0.3 is 9.88 Å². The highest BCUT2D eigenvalue weighted by Gasteiger charge is 2.03. The Bertz CT molecular complexity index is 527. The van der Waals surface area contributed by atoms with E-state index in [1.54, 1.807) is 12.4 Å². The molecule has 2 rings (SSSR count). The third-order valence-corrected chi connectivity index (χ3v) is 3.28. The first-order valence-corrected chi connectivity index (χ1v) is 6.51. The van der Waals surface area contributed by atoms with E-state index in [1.807, 2.05) is 17.6 Å². The van der Waals surface area contributed by atoms with E-state index in [4.69, 9.17) is 0 Å². The van der Waals surface area contributed by atoms with Gasteiger partial charge >= 0.3 is 0 Å². The molecule has 4 nitrogen and oxygen atoms in total. The van der Waals surface area contributed by atoms with Gasteiger partial charge in [0.05, 0.1) is 11.0 Å². The summed E-state index contributed by atoms with van der Waals surface area (Å²) in [6.07, 6.45) is 1.70. The molecule has 0 aliphatic heterocycles. The van der Waals surface area contributed by atoms with Gasteiger partial charge in [0.1, 0.15) is 18.0 Å². The zero-order chi connectivity index (χ0) is 13.0. The van der Waals surface area contributed by atoms with Crippen molar-refractivity contribution in [1.82, 2.24) is 20.1 Å². The first-order chi connectivity index (χ1) is 8.70. The molecule has 96 valence electrons. The van der Waals surface area contributed by atoms with Crippen LogP contribution in [0.2, 0.25) is 0 Å². The molecule has 0 amide bonds. The van der Waals surface area contributed by atoms with Gasteiger partial charge in [0.15, 0.2) is 0 Å². The van der Waals surface area contributed by atoms with Gasteiger partial charge in [0.2, 0.25) is 0 Å². The smallest absolute Gasteiger partial charge is 0.146 e. The summed E-state index contributed by atoms with van der Waals surface area (Å²) in [6, 6.07) is 5.10. The lowest BCUT2D eigenvalue weighted by Crippen LogP contribution is -2.16. The van der Waals surface area contributed by atoms with Gasteiger partial charge in [-0.1, -0.05) is 6.07 Å². The Morgan fingerprint density at radius 2 is 2.22 bits per heavy atom. The Hall–Kier alpha value is -1.27. The van der Waals surface area contributed by atoms with E-state index in [0.29, 0.717) is 17.6 Å². The lowest BCUT2D eigenvalue weighted by atomic mass is 10.2. The predicted octanol–water partition coefficient (Wildman–Crippen LogP) is 2.49. The van der Waals surface area contributed by atoms with Gasteiger partial charge in [-0.15, -0.1) is 10.2 Å². The van der Waals surface area contributed by atoms with Crippen molar-refractivity contribution in [3.63, 3.8) is 0 Å². The van der Waals surface area contributed by atoms with Crippen molar-refractivity contribution >= 4 is 15.9 Å². The SMILES string of the molecule is CCn1cnnc1CNCc1ccc(Br)c(F)c1. The van der Waals surface area contributed by atoms with Crippen LogP contribution in [0, 0.1) is 5.82 Å². The number of nitrogens with zero attached hydrogens (tertiary/aromatic N) is 3. The highest BCUT2D eigenvalue weighted by Crippen LogP contribution is 2.16. The molecule has 0 aliphatic carbocycles. The number of benzene rings is 1. The van der Waals surface area contributed by atoms with Crippen molar-refractivity contribution in [3.8, 4) is 0 Å². The Labute approximate surface area is 113 Å². The van der Waals surface area contributed by atoms with Crippen LogP contribution in [0.25, 0.3) is 0 Å². The summed E-state index contributed by atoms with van der Waals surface area (Å²) >= 11 is 3.13. The van der Waals surface area contributed by atoms with Crippen LogP contribution in [0.5, 0.6) is 0 Å². The molecule has 0 saturated carbocycles. The predicted molar refractivity (Wildman–Crippen MR) is 70.3 cm³/mol. The molecule has 1 aromatic heterocycles. The van der Waals surface area contributed by atoms with E-state index in [2.05, 4.69) is 31.4 Å². The Morgan fingerprint density at radius 3 is 2.94 bits per heavy atom. The fourth-order valence-corrected chi connectivity index (χ4v) is 1.89. The summed E-state index contributed by atoms with van der Waals surface area (Å²) in [4.78, 5) is 0. The Kier molecular flexibility index (Phi) is 4.43. The molecule has 0 fully saturated rings. The molecule has 6 heteroatoms. The van der Waals surface area contributed by atoms with E-state index in [-0.39, 0.29) is 5.82 Å². The van der Waals surface area contributed by atoms with Crippen LogP contribution < -0.4 is 5.32 Å². The van der Waals surface area contributed by atoms with E-state index < -0.39 is 0 Å². The van der Waals surface area contributed by atoms with Crippen LogP contribution in [0.3, 0.4) is 0 Å². The minimum absolute atomic E-state index is 0.244. The molecular weight excluding hydrogens is 299 g/mol. The molecule has 2 aromatic rings. The molecule has 0 aliphatic rings. The standard InChI is InChI=1S/C12H14BrFN4/c1-2-18-8-16-17-12(18)7-15-6-9-3-4-10(13)11(14)5-9/h3-5,8,15H,2,6-7H2,1H3. The van der Waals surface area contributed by atoms with Crippen LogP contribution in [0.1, 0.15) is 18.3 Å². The summed E-state index contributed by atoms with van der Waals surface area (Å²) in [5, 5.41) is 11.1. The molecular formula is C12H14BrFN4. The lowest BCUT2D eigenvalue weighted by Gasteiger charge is -2.06. The number of rotatable bonds is 5. The third-order valence-electron chi connectivity index (χ3n) is 2.63. The maximum atomic E-state index is 13.3. The number of aryl methyl sites for hydroxylation is 1. The van der Waals surface area contributed by atoms with E-state index >= 15 is 0 Å². The molecule has 18 heavy (non-hydrogen) atoms. The van der Waals surface area contributed by atoms with Crippen LogP contribution >= 0.6 is 15.9 Å². The second-order valence-electron chi connectivity index (χ2n) is 3.89. The van der Waals surface area contributed by atoms with Gasteiger partial charge in [0.25, 0.3) is 0 Å². The Balaban J connectivity index is 1.90. The van der Waals surface area contributed by atoms with Crippen molar-refractivity contribution in [3.05, 3.63) is 46.2 Å². The molecule has 1 aromatic carbocycles.